The van der Waals surface area contributed by atoms with Crippen LogP contribution >= 0.6 is 0 Å². The largest absolute Gasteiger partial charge is 0.315 e. The molecule has 0 aliphatic carbocycles. The molecule has 1 fully saturated rings. The van der Waals surface area contributed by atoms with Crippen LogP contribution in [0.4, 0.5) is 5.69 Å². The molecule has 5 heteroatoms. The summed E-state index contributed by atoms with van der Waals surface area (Å²) in [4.78, 5) is 13.0. The molecule has 2 rings (SSSR count). The van der Waals surface area contributed by atoms with Crippen LogP contribution in [0, 0.1) is 10.1 Å². The van der Waals surface area contributed by atoms with Gasteiger partial charge >= 0.3 is 0 Å². The molecular weight excluding hydrogens is 230 g/mol. The Kier molecular flexibility index (Phi) is 3.93. The second-order valence-corrected chi connectivity index (χ2v) is 4.80. The first kappa shape index (κ1) is 13.0. The highest BCUT2D eigenvalue weighted by molar-refractivity contribution is 5.41. The molecule has 5 nitrogen and oxygen atoms in total. The summed E-state index contributed by atoms with van der Waals surface area (Å²) in [6.07, 6.45) is 1.10. The van der Waals surface area contributed by atoms with Crippen LogP contribution in [-0.2, 0) is 0 Å². The number of nitro benzene ring substituents is 1. The van der Waals surface area contributed by atoms with E-state index in [1.54, 1.807) is 12.1 Å². The second-order valence-electron chi connectivity index (χ2n) is 4.80. The molecule has 0 radical (unpaired) electrons. The average Bonchev–Trinajstić information content (AvgIpc) is 2.90. The van der Waals surface area contributed by atoms with Gasteiger partial charge < -0.3 is 5.32 Å². The number of hydrogen-bond donors (Lipinski definition) is 1. The highest BCUT2D eigenvalue weighted by Gasteiger charge is 2.27. The van der Waals surface area contributed by atoms with E-state index in [1.165, 1.54) is 0 Å². The van der Waals surface area contributed by atoms with Crippen LogP contribution in [0.2, 0.25) is 0 Å². The van der Waals surface area contributed by atoms with Crippen molar-refractivity contribution in [1.29, 1.82) is 0 Å². The van der Waals surface area contributed by atoms with E-state index in [9.17, 15) is 10.1 Å². The van der Waals surface area contributed by atoms with Crippen molar-refractivity contribution in [2.24, 2.45) is 0 Å². The Balaban J connectivity index is 2.22. The van der Waals surface area contributed by atoms with Crippen molar-refractivity contribution in [3.05, 3.63) is 39.9 Å². The lowest BCUT2D eigenvalue weighted by Crippen LogP contribution is -2.35. The van der Waals surface area contributed by atoms with Gasteiger partial charge in [-0.2, -0.15) is 0 Å². The Hall–Kier alpha value is -1.46. The topological polar surface area (TPSA) is 58.4 Å². The minimum Gasteiger partial charge on any atom is -0.315 e. The fourth-order valence-corrected chi connectivity index (χ4v) is 2.53. The minimum atomic E-state index is -0.299. The molecular formula is C13H19N3O2. The Morgan fingerprint density at radius 1 is 1.50 bits per heavy atom. The van der Waals surface area contributed by atoms with Crippen molar-refractivity contribution in [1.82, 2.24) is 10.2 Å². The van der Waals surface area contributed by atoms with E-state index < -0.39 is 0 Å². The summed E-state index contributed by atoms with van der Waals surface area (Å²) in [6.45, 7) is 4.01. The SMILES string of the molecule is CC(c1ccccc1[N+](=O)[O-])N(C)C1CCNC1. The van der Waals surface area contributed by atoms with Crippen molar-refractivity contribution < 1.29 is 4.92 Å². The molecule has 98 valence electrons. The minimum absolute atomic E-state index is 0.0523. The molecule has 0 bridgehead atoms. The van der Waals surface area contributed by atoms with Gasteiger partial charge in [-0.15, -0.1) is 0 Å². The zero-order valence-electron chi connectivity index (χ0n) is 10.8. The zero-order valence-corrected chi connectivity index (χ0v) is 10.8. The predicted molar refractivity (Wildman–Crippen MR) is 70.5 cm³/mol. The number of rotatable bonds is 4. The molecule has 1 aromatic carbocycles. The molecule has 1 N–H and O–H groups in total. The molecule has 1 saturated heterocycles. The monoisotopic (exact) mass is 249 g/mol. The molecule has 1 aromatic rings. The first-order valence-electron chi connectivity index (χ1n) is 6.27. The lowest BCUT2D eigenvalue weighted by Gasteiger charge is -2.30. The van der Waals surface area contributed by atoms with E-state index in [0.29, 0.717) is 6.04 Å². The third-order valence-corrected chi connectivity index (χ3v) is 3.80. The Morgan fingerprint density at radius 3 is 2.83 bits per heavy atom. The Morgan fingerprint density at radius 2 is 2.22 bits per heavy atom. The molecule has 2 atom stereocenters. The van der Waals surface area contributed by atoms with Crippen LogP contribution in [0.15, 0.2) is 24.3 Å². The number of para-hydroxylation sites is 1. The van der Waals surface area contributed by atoms with Crippen molar-refractivity contribution in [2.45, 2.75) is 25.4 Å². The standard InChI is InChI=1S/C13H19N3O2/c1-10(15(2)11-7-8-14-9-11)12-5-3-4-6-13(12)16(17)18/h3-6,10-11,14H,7-9H2,1-2H3. The maximum Gasteiger partial charge on any atom is 0.274 e. The van der Waals surface area contributed by atoms with Crippen LogP contribution in [0.1, 0.15) is 24.9 Å². The Bertz CT molecular complexity index is 430. The van der Waals surface area contributed by atoms with Gasteiger partial charge in [-0.1, -0.05) is 18.2 Å². The molecule has 0 aromatic heterocycles. The molecule has 0 amide bonds. The summed E-state index contributed by atoms with van der Waals surface area (Å²) in [6, 6.07) is 7.51. The third kappa shape index (κ3) is 2.52. The molecule has 1 aliphatic heterocycles. The predicted octanol–water partition coefficient (Wildman–Crippen LogP) is 1.95. The lowest BCUT2D eigenvalue weighted by atomic mass is 10.0. The molecule has 0 spiro atoms. The number of benzene rings is 1. The summed E-state index contributed by atoms with van der Waals surface area (Å²) in [5.41, 5.74) is 1.000. The first-order chi connectivity index (χ1) is 8.61. The van der Waals surface area contributed by atoms with Gasteiger partial charge in [0, 0.05) is 30.3 Å². The molecule has 2 unspecified atom stereocenters. The van der Waals surface area contributed by atoms with E-state index in [0.717, 1.165) is 25.1 Å². The molecule has 1 aliphatic rings. The Labute approximate surface area is 107 Å². The van der Waals surface area contributed by atoms with Crippen molar-refractivity contribution >= 4 is 5.69 Å². The molecule has 18 heavy (non-hydrogen) atoms. The van der Waals surface area contributed by atoms with Gasteiger partial charge in [0.2, 0.25) is 0 Å². The maximum absolute atomic E-state index is 11.0. The number of hydrogen-bond acceptors (Lipinski definition) is 4. The van der Waals surface area contributed by atoms with E-state index in [1.807, 2.05) is 26.1 Å². The van der Waals surface area contributed by atoms with Crippen molar-refractivity contribution in [3.8, 4) is 0 Å². The van der Waals surface area contributed by atoms with Gasteiger partial charge in [-0.3, -0.25) is 15.0 Å². The summed E-state index contributed by atoms with van der Waals surface area (Å²) < 4.78 is 0. The number of nitro groups is 1. The number of likely N-dealkylation sites (N-methyl/N-ethyl adjacent to an activating group) is 1. The summed E-state index contributed by atoms with van der Waals surface area (Å²) in [5.74, 6) is 0. The normalized spacial score (nSPS) is 21.2. The van der Waals surface area contributed by atoms with E-state index in [-0.39, 0.29) is 16.7 Å². The third-order valence-electron chi connectivity index (χ3n) is 3.80. The van der Waals surface area contributed by atoms with Crippen LogP contribution in [0.3, 0.4) is 0 Å². The van der Waals surface area contributed by atoms with Gasteiger partial charge in [0.1, 0.15) is 0 Å². The molecule has 0 saturated carbocycles. The highest BCUT2D eigenvalue weighted by atomic mass is 16.6. The fraction of sp³-hybridized carbons (Fsp3) is 0.538. The smallest absolute Gasteiger partial charge is 0.274 e. The van der Waals surface area contributed by atoms with E-state index >= 15 is 0 Å². The second kappa shape index (κ2) is 5.46. The number of nitrogens with zero attached hydrogens (tertiary/aromatic N) is 2. The number of nitrogens with one attached hydrogen (secondary N) is 1. The average molecular weight is 249 g/mol. The first-order valence-corrected chi connectivity index (χ1v) is 6.27. The van der Waals surface area contributed by atoms with Gasteiger partial charge in [0.05, 0.1) is 4.92 Å². The van der Waals surface area contributed by atoms with Crippen LogP contribution in [-0.4, -0.2) is 36.0 Å². The van der Waals surface area contributed by atoms with E-state index in [4.69, 9.17) is 0 Å². The fourth-order valence-electron chi connectivity index (χ4n) is 2.53. The highest BCUT2D eigenvalue weighted by Crippen LogP contribution is 2.29. The maximum atomic E-state index is 11.0. The zero-order chi connectivity index (χ0) is 13.1. The van der Waals surface area contributed by atoms with Crippen molar-refractivity contribution in [3.63, 3.8) is 0 Å². The van der Waals surface area contributed by atoms with Crippen LogP contribution in [0.5, 0.6) is 0 Å². The van der Waals surface area contributed by atoms with Gasteiger partial charge in [0.15, 0.2) is 0 Å². The van der Waals surface area contributed by atoms with Gasteiger partial charge in [-0.25, -0.2) is 0 Å². The summed E-state index contributed by atoms with van der Waals surface area (Å²) in [7, 11) is 2.04. The van der Waals surface area contributed by atoms with Crippen molar-refractivity contribution in [2.75, 3.05) is 20.1 Å². The summed E-state index contributed by atoms with van der Waals surface area (Å²) in [5, 5.41) is 14.4. The van der Waals surface area contributed by atoms with Gasteiger partial charge in [-0.05, 0) is 26.9 Å². The van der Waals surface area contributed by atoms with Crippen LogP contribution < -0.4 is 5.32 Å². The molecule has 1 heterocycles. The van der Waals surface area contributed by atoms with Crippen LogP contribution in [0.25, 0.3) is 0 Å². The summed E-state index contributed by atoms with van der Waals surface area (Å²) >= 11 is 0. The van der Waals surface area contributed by atoms with E-state index in [2.05, 4.69) is 10.2 Å². The quantitative estimate of drug-likeness (QED) is 0.654. The van der Waals surface area contributed by atoms with Gasteiger partial charge in [0.25, 0.3) is 5.69 Å². The lowest BCUT2D eigenvalue weighted by molar-refractivity contribution is -0.386.